The van der Waals surface area contributed by atoms with Crippen molar-refractivity contribution in [3.63, 3.8) is 0 Å². The minimum absolute atomic E-state index is 0.172. The Morgan fingerprint density at radius 3 is 2.87 bits per heavy atom. The fourth-order valence-corrected chi connectivity index (χ4v) is 3.18. The average molecular weight is 321 g/mol. The number of guanidine groups is 1. The maximum atomic E-state index is 6.04. The Hall–Kier alpha value is -1.56. The van der Waals surface area contributed by atoms with E-state index in [4.69, 9.17) is 4.74 Å². The molecule has 6 heteroatoms. The number of nitrogens with one attached hydrogen (secondary N) is 2. The minimum Gasteiger partial charge on any atom is -0.377 e. The largest absolute Gasteiger partial charge is 0.377 e. The molecule has 0 bridgehead atoms. The lowest BCUT2D eigenvalue weighted by atomic mass is 9.78. The van der Waals surface area contributed by atoms with Gasteiger partial charge in [-0.3, -0.25) is 4.99 Å². The molecule has 2 heterocycles. The van der Waals surface area contributed by atoms with E-state index in [1.165, 1.54) is 6.42 Å². The first-order valence-corrected chi connectivity index (χ1v) is 8.52. The van der Waals surface area contributed by atoms with Crippen LogP contribution in [0.5, 0.6) is 0 Å². The number of ether oxygens (including phenoxy) is 1. The van der Waals surface area contributed by atoms with Gasteiger partial charge in [-0.15, -0.1) is 0 Å². The Kier molecular flexibility index (Phi) is 6.45. The van der Waals surface area contributed by atoms with Crippen LogP contribution >= 0.6 is 0 Å². The molecule has 1 aliphatic heterocycles. The number of nitrogens with zero attached hydrogens (tertiary/aromatic N) is 3. The van der Waals surface area contributed by atoms with E-state index in [9.17, 15) is 0 Å². The Morgan fingerprint density at radius 1 is 1.39 bits per heavy atom. The predicted octanol–water partition coefficient (Wildman–Crippen LogP) is 1.89. The molecule has 1 aliphatic rings. The molecular weight excluding hydrogens is 290 g/mol. The van der Waals surface area contributed by atoms with Crippen LogP contribution in [0.15, 0.2) is 23.7 Å². The molecule has 0 spiro atoms. The second-order valence-corrected chi connectivity index (χ2v) is 7.24. The number of rotatable bonds is 5. The van der Waals surface area contributed by atoms with E-state index in [-0.39, 0.29) is 5.41 Å². The van der Waals surface area contributed by atoms with Crippen molar-refractivity contribution in [1.82, 2.24) is 20.2 Å². The number of aliphatic imine (C=N–C) groups is 1. The van der Waals surface area contributed by atoms with E-state index in [0.29, 0.717) is 12.0 Å². The molecule has 0 aliphatic carbocycles. The summed E-state index contributed by atoms with van der Waals surface area (Å²) in [6, 6.07) is 0. The third-order valence-corrected chi connectivity index (χ3v) is 4.28. The molecule has 1 fully saturated rings. The van der Waals surface area contributed by atoms with Gasteiger partial charge in [-0.25, -0.2) is 4.98 Å². The topological polar surface area (TPSA) is 63.5 Å². The van der Waals surface area contributed by atoms with Gasteiger partial charge in [-0.1, -0.05) is 20.8 Å². The van der Waals surface area contributed by atoms with Gasteiger partial charge < -0.3 is 19.9 Å². The Labute approximate surface area is 139 Å². The molecule has 0 radical (unpaired) electrons. The molecule has 1 saturated heterocycles. The van der Waals surface area contributed by atoms with Gasteiger partial charge in [0.25, 0.3) is 0 Å². The van der Waals surface area contributed by atoms with Gasteiger partial charge in [0.05, 0.1) is 12.4 Å². The van der Waals surface area contributed by atoms with Crippen LogP contribution in [-0.4, -0.2) is 48.4 Å². The van der Waals surface area contributed by atoms with Crippen LogP contribution in [0.1, 0.15) is 33.6 Å². The zero-order valence-corrected chi connectivity index (χ0v) is 14.9. The van der Waals surface area contributed by atoms with E-state index in [0.717, 1.165) is 38.6 Å². The summed E-state index contributed by atoms with van der Waals surface area (Å²) < 4.78 is 8.09. The van der Waals surface area contributed by atoms with Crippen molar-refractivity contribution < 1.29 is 4.74 Å². The van der Waals surface area contributed by atoms with Crippen molar-refractivity contribution in [2.24, 2.45) is 16.3 Å². The third-order valence-electron chi connectivity index (χ3n) is 4.28. The van der Waals surface area contributed by atoms with Crippen molar-refractivity contribution in [3.05, 3.63) is 18.7 Å². The summed E-state index contributed by atoms with van der Waals surface area (Å²) in [4.78, 5) is 8.35. The first kappa shape index (κ1) is 17.8. The standard InChI is InChI=1S/C17H31N5O/c1-17(2,3)15-14(6-5-11-23-15)12-21-16(18-4)20-8-10-22-9-7-19-13-22/h7,9,13-15H,5-6,8,10-12H2,1-4H3,(H2,18,20,21). The van der Waals surface area contributed by atoms with Gasteiger partial charge in [0.2, 0.25) is 0 Å². The van der Waals surface area contributed by atoms with E-state index >= 15 is 0 Å². The molecule has 6 nitrogen and oxygen atoms in total. The maximum absolute atomic E-state index is 6.04. The van der Waals surface area contributed by atoms with E-state index in [1.54, 1.807) is 6.20 Å². The molecule has 0 aromatic carbocycles. The molecule has 130 valence electrons. The summed E-state index contributed by atoms with van der Waals surface area (Å²) in [5, 5.41) is 6.81. The van der Waals surface area contributed by atoms with Crippen LogP contribution in [0.2, 0.25) is 0 Å². The first-order chi connectivity index (χ1) is 11.0. The van der Waals surface area contributed by atoms with Crippen molar-refractivity contribution in [1.29, 1.82) is 0 Å². The average Bonchev–Trinajstić information content (AvgIpc) is 3.03. The number of aromatic nitrogens is 2. The fraction of sp³-hybridized carbons (Fsp3) is 0.765. The molecule has 2 rings (SSSR count). The van der Waals surface area contributed by atoms with E-state index in [2.05, 4.69) is 41.4 Å². The van der Waals surface area contributed by atoms with Crippen molar-refractivity contribution in [2.45, 2.75) is 46.3 Å². The van der Waals surface area contributed by atoms with Crippen LogP contribution in [0.25, 0.3) is 0 Å². The SMILES string of the molecule is CN=C(NCCn1ccnc1)NCC1CCCOC1C(C)(C)C. The second-order valence-electron chi connectivity index (χ2n) is 7.24. The third kappa shape index (κ3) is 5.53. The molecule has 2 atom stereocenters. The van der Waals surface area contributed by atoms with Gasteiger partial charge in [0.15, 0.2) is 5.96 Å². The quantitative estimate of drug-likeness (QED) is 0.642. The molecule has 0 saturated carbocycles. The normalized spacial score (nSPS) is 22.9. The molecule has 23 heavy (non-hydrogen) atoms. The highest BCUT2D eigenvalue weighted by Gasteiger charge is 2.35. The first-order valence-electron chi connectivity index (χ1n) is 8.52. The number of hydrogen-bond donors (Lipinski definition) is 2. The van der Waals surface area contributed by atoms with Crippen LogP contribution in [0, 0.1) is 11.3 Å². The number of imidazole rings is 1. The smallest absolute Gasteiger partial charge is 0.191 e. The highest BCUT2D eigenvalue weighted by Crippen LogP contribution is 2.33. The highest BCUT2D eigenvalue weighted by molar-refractivity contribution is 5.79. The molecule has 2 N–H and O–H groups in total. The van der Waals surface area contributed by atoms with Crippen LogP contribution in [0.4, 0.5) is 0 Å². The van der Waals surface area contributed by atoms with Crippen molar-refractivity contribution in [2.75, 3.05) is 26.7 Å². The van der Waals surface area contributed by atoms with E-state index in [1.807, 2.05) is 24.1 Å². The predicted molar refractivity (Wildman–Crippen MR) is 93.5 cm³/mol. The fourth-order valence-electron chi connectivity index (χ4n) is 3.18. The summed E-state index contributed by atoms with van der Waals surface area (Å²) in [5.41, 5.74) is 0.172. The monoisotopic (exact) mass is 321 g/mol. The summed E-state index contributed by atoms with van der Waals surface area (Å²) in [6.45, 7) is 10.2. The van der Waals surface area contributed by atoms with Gasteiger partial charge in [0, 0.05) is 51.6 Å². The maximum Gasteiger partial charge on any atom is 0.191 e. The van der Waals surface area contributed by atoms with Crippen molar-refractivity contribution in [3.8, 4) is 0 Å². The van der Waals surface area contributed by atoms with Crippen LogP contribution in [-0.2, 0) is 11.3 Å². The van der Waals surface area contributed by atoms with E-state index < -0.39 is 0 Å². The summed E-state index contributed by atoms with van der Waals surface area (Å²) in [7, 11) is 1.81. The highest BCUT2D eigenvalue weighted by atomic mass is 16.5. The lowest BCUT2D eigenvalue weighted by Gasteiger charge is -2.40. The van der Waals surface area contributed by atoms with Gasteiger partial charge in [-0.2, -0.15) is 0 Å². The molecule has 2 unspecified atom stereocenters. The van der Waals surface area contributed by atoms with Gasteiger partial charge in [-0.05, 0) is 18.3 Å². The lowest BCUT2D eigenvalue weighted by molar-refractivity contribution is -0.0835. The van der Waals surface area contributed by atoms with Gasteiger partial charge >= 0.3 is 0 Å². The zero-order chi connectivity index (χ0) is 16.7. The second kappa shape index (κ2) is 8.34. The molecule has 1 aromatic rings. The Morgan fingerprint density at radius 2 is 2.22 bits per heavy atom. The van der Waals surface area contributed by atoms with Crippen LogP contribution in [0.3, 0.4) is 0 Å². The molecule has 0 amide bonds. The summed E-state index contributed by atoms with van der Waals surface area (Å²) in [5.74, 6) is 1.37. The Bertz CT molecular complexity index is 478. The Balaban J connectivity index is 1.77. The zero-order valence-electron chi connectivity index (χ0n) is 14.9. The number of hydrogen-bond acceptors (Lipinski definition) is 3. The summed E-state index contributed by atoms with van der Waals surface area (Å²) in [6.07, 6.45) is 8.24. The van der Waals surface area contributed by atoms with Crippen molar-refractivity contribution >= 4 is 5.96 Å². The molecule has 1 aromatic heterocycles. The molecular formula is C17H31N5O. The minimum atomic E-state index is 0.172. The summed E-state index contributed by atoms with van der Waals surface area (Å²) >= 11 is 0. The van der Waals surface area contributed by atoms with Crippen LogP contribution < -0.4 is 10.6 Å². The lowest BCUT2D eigenvalue weighted by Crippen LogP contribution is -2.47. The van der Waals surface area contributed by atoms with Gasteiger partial charge in [0.1, 0.15) is 0 Å².